The van der Waals surface area contributed by atoms with E-state index in [0.29, 0.717) is 33.7 Å². The van der Waals surface area contributed by atoms with Crippen molar-refractivity contribution in [2.75, 3.05) is 6.61 Å². The summed E-state index contributed by atoms with van der Waals surface area (Å²) >= 11 is 12.0. The van der Waals surface area contributed by atoms with Crippen LogP contribution in [0.15, 0.2) is 24.4 Å². The minimum atomic E-state index is -0.448. The molecule has 0 aliphatic carbocycles. The van der Waals surface area contributed by atoms with Crippen molar-refractivity contribution in [3.05, 3.63) is 40.0 Å². The maximum atomic E-state index is 12.2. The summed E-state index contributed by atoms with van der Waals surface area (Å²) in [5.41, 5.74) is 0.807. The molecule has 3 nitrogen and oxygen atoms in total. The second-order valence-electron chi connectivity index (χ2n) is 4.97. The van der Waals surface area contributed by atoms with Crippen molar-refractivity contribution in [2.45, 2.75) is 20.3 Å². The lowest BCUT2D eigenvalue weighted by Gasteiger charge is -2.10. The second kappa shape index (κ2) is 6.42. The van der Waals surface area contributed by atoms with Gasteiger partial charge >= 0.3 is 5.97 Å². The lowest BCUT2D eigenvalue weighted by Crippen LogP contribution is -2.09. The van der Waals surface area contributed by atoms with Gasteiger partial charge in [0.25, 0.3) is 0 Å². The van der Waals surface area contributed by atoms with Gasteiger partial charge in [-0.1, -0.05) is 43.1 Å². The maximum absolute atomic E-state index is 12.2. The van der Waals surface area contributed by atoms with Crippen LogP contribution in [-0.2, 0) is 4.74 Å². The van der Waals surface area contributed by atoms with Crippen LogP contribution in [0.2, 0.25) is 10.0 Å². The van der Waals surface area contributed by atoms with Crippen molar-refractivity contribution in [1.29, 1.82) is 0 Å². The molecular weight excluding hydrogens is 297 g/mol. The SMILES string of the molecule is CC(C)CCOC(=O)c1c(Cl)ccc2cc(Cl)cnc12. The molecule has 0 fully saturated rings. The van der Waals surface area contributed by atoms with Crippen LogP contribution in [0, 0.1) is 5.92 Å². The van der Waals surface area contributed by atoms with Crippen LogP contribution < -0.4 is 0 Å². The van der Waals surface area contributed by atoms with Crippen LogP contribution in [0.4, 0.5) is 0 Å². The first-order chi connectivity index (χ1) is 9.49. The van der Waals surface area contributed by atoms with Crippen LogP contribution in [0.5, 0.6) is 0 Å². The third kappa shape index (κ3) is 3.41. The minimum absolute atomic E-state index is 0.296. The summed E-state index contributed by atoms with van der Waals surface area (Å²) in [4.78, 5) is 16.4. The number of halogens is 2. The van der Waals surface area contributed by atoms with Gasteiger partial charge in [0, 0.05) is 11.6 Å². The van der Waals surface area contributed by atoms with Gasteiger partial charge in [-0.15, -0.1) is 0 Å². The predicted molar refractivity (Wildman–Crippen MR) is 81.5 cm³/mol. The van der Waals surface area contributed by atoms with E-state index in [4.69, 9.17) is 27.9 Å². The van der Waals surface area contributed by atoms with Gasteiger partial charge in [0.15, 0.2) is 0 Å². The van der Waals surface area contributed by atoms with Crippen molar-refractivity contribution in [3.8, 4) is 0 Å². The summed E-state index contributed by atoms with van der Waals surface area (Å²) in [5, 5.41) is 1.61. The number of hydrogen-bond donors (Lipinski definition) is 0. The second-order valence-corrected chi connectivity index (χ2v) is 5.81. The number of pyridine rings is 1. The number of ether oxygens (including phenoxy) is 1. The molecule has 0 N–H and O–H groups in total. The van der Waals surface area contributed by atoms with Gasteiger partial charge in [0.2, 0.25) is 0 Å². The Bertz CT molecular complexity index is 641. The van der Waals surface area contributed by atoms with E-state index in [-0.39, 0.29) is 0 Å². The molecule has 0 saturated heterocycles. The molecule has 0 bridgehead atoms. The summed E-state index contributed by atoms with van der Waals surface area (Å²) in [7, 11) is 0. The number of carbonyl (C=O) groups excluding carboxylic acids is 1. The number of carbonyl (C=O) groups is 1. The lowest BCUT2D eigenvalue weighted by molar-refractivity contribution is 0.0490. The van der Waals surface area contributed by atoms with Crippen LogP contribution >= 0.6 is 23.2 Å². The quantitative estimate of drug-likeness (QED) is 0.765. The van der Waals surface area contributed by atoms with Crippen LogP contribution in [-0.4, -0.2) is 17.6 Å². The number of rotatable bonds is 4. The van der Waals surface area contributed by atoms with Gasteiger partial charge < -0.3 is 4.74 Å². The first kappa shape index (κ1) is 15.1. The van der Waals surface area contributed by atoms with Crippen molar-refractivity contribution in [1.82, 2.24) is 4.98 Å². The molecule has 0 aliphatic heterocycles. The summed E-state index contributed by atoms with van der Waals surface area (Å²) < 4.78 is 5.26. The van der Waals surface area contributed by atoms with Gasteiger partial charge in [0.1, 0.15) is 5.56 Å². The number of esters is 1. The smallest absolute Gasteiger partial charge is 0.341 e. The average Bonchev–Trinajstić information content (AvgIpc) is 2.38. The van der Waals surface area contributed by atoms with E-state index >= 15 is 0 Å². The van der Waals surface area contributed by atoms with E-state index in [2.05, 4.69) is 18.8 Å². The molecule has 0 unspecified atom stereocenters. The normalized spacial score (nSPS) is 11.1. The fraction of sp³-hybridized carbons (Fsp3) is 0.333. The molecule has 106 valence electrons. The average molecular weight is 312 g/mol. The molecule has 0 radical (unpaired) electrons. The first-order valence-electron chi connectivity index (χ1n) is 6.40. The molecule has 5 heteroatoms. The highest BCUT2D eigenvalue weighted by Crippen LogP contribution is 2.27. The van der Waals surface area contributed by atoms with Crippen LogP contribution in [0.25, 0.3) is 10.9 Å². The number of aromatic nitrogens is 1. The molecule has 0 atom stereocenters. The molecule has 0 amide bonds. The minimum Gasteiger partial charge on any atom is -0.462 e. The zero-order chi connectivity index (χ0) is 14.7. The van der Waals surface area contributed by atoms with Crippen molar-refractivity contribution < 1.29 is 9.53 Å². The molecule has 2 aromatic rings. The lowest BCUT2D eigenvalue weighted by atomic mass is 10.1. The fourth-order valence-electron chi connectivity index (χ4n) is 1.80. The Morgan fingerprint density at radius 1 is 1.35 bits per heavy atom. The van der Waals surface area contributed by atoms with Gasteiger partial charge in [-0.3, -0.25) is 4.98 Å². The Morgan fingerprint density at radius 2 is 2.10 bits per heavy atom. The molecule has 1 aromatic heterocycles. The molecule has 2 rings (SSSR count). The number of hydrogen-bond acceptors (Lipinski definition) is 3. The predicted octanol–water partition coefficient (Wildman–Crippen LogP) is 4.74. The first-order valence-corrected chi connectivity index (χ1v) is 7.15. The van der Waals surface area contributed by atoms with Crippen LogP contribution in [0.1, 0.15) is 30.6 Å². The molecule has 0 spiro atoms. The zero-order valence-electron chi connectivity index (χ0n) is 11.3. The molecule has 20 heavy (non-hydrogen) atoms. The summed E-state index contributed by atoms with van der Waals surface area (Å²) in [6.07, 6.45) is 2.30. The van der Waals surface area contributed by atoms with Crippen molar-refractivity contribution in [2.24, 2.45) is 5.92 Å². The number of nitrogens with zero attached hydrogens (tertiary/aromatic N) is 1. The highest BCUT2D eigenvalue weighted by atomic mass is 35.5. The van der Waals surface area contributed by atoms with Gasteiger partial charge in [-0.25, -0.2) is 4.79 Å². The number of fused-ring (bicyclic) bond motifs is 1. The Morgan fingerprint density at radius 3 is 2.80 bits per heavy atom. The van der Waals surface area contributed by atoms with Crippen molar-refractivity contribution >= 4 is 40.1 Å². The van der Waals surface area contributed by atoms with Crippen LogP contribution in [0.3, 0.4) is 0 Å². The van der Waals surface area contributed by atoms with Crippen molar-refractivity contribution in [3.63, 3.8) is 0 Å². The van der Waals surface area contributed by atoms with E-state index in [1.165, 1.54) is 6.20 Å². The topological polar surface area (TPSA) is 39.2 Å². The third-order valence-corrected chi connectivity index (χ3v) is 3.42. The Kier molecular flexibility index (Phi) is 4.84. The maximum Gasteiger partial charge on any atom is 0.341 e. The Labute approximate surface area is 127 Å². The molecule has 1 heterocycles. The summed E-state index contributed by atoms with van der Waals surface area (Å²) in [6.45, 7) is 4.52. The van der Waals surface area contributed by atoms with E-state index < -0.39 is 5.97 Å². The standard InChI is InChI=1S/C15H15Cl2NO2/c1-9(2)5-6-20-15(19)13-12(17)4-3-10-7-11(16)8-18-14(10)13/h3-4,7-9H,5-6H2,1-2H3. The molecule has 1 aromatic carbocycles. The van der Waals surface area contributed by atoms with E-state index in [1.54, 1.807) is 18.2 Å². The molecule has 0 saturated carbocycles. The Balaban J connectivity index is 2.32. The van der Waals surface area contributed by atoms with E-state index in [0.717, 1.165) is 11.8 Å². The highest BCUT2D eigenvalue weighted by molar-refractivity contribution is 6.35. The summed E-state index contributed by atoms with van der Waals surface area (Å²) in [6, 6.07) is 5.17. The third-order valence-electron chi connectivity index (χ3n) is 2.90. The zero-order valence-corrected chi connectivity index (χ0v) is 12.8. The monoisotopic (exact) mass is 311 g/mol. The highest BCUT2D eigenvalue weighted by Gasteiger charge is 2.17. The molecule has 0 aliphatic rings. The molecular formula is C15H15Cl2NO2. The van der Waals surface area contributed by atoms with Gasteiger partial charge in [-0.05, 0) is 24.5 Å². The van der Waals surface area contributed by atoms with E-state index in [1.807, 2.05) is 0 Å². The van der Waals surface area contributed by atoms with Gasteiger partial charge in [0.05, 0.1) is 22.2 Å². The largest absolute Gasteiger partial charge is 0.462 e. The Hall–Kier alpha value is -1.32. The van der Waals surface area contributed by atoms with E-state index in [9.17, 15) is 4.79 Å². The number of benzene rings is 1. The fourth-order valence-corrected chi connectivity index (χ4v) is 2.20. The van der Waals surface area contributed by atoms with Gasteiger partial charge in [-0.2, -0.15) is 0 Å². The summed E-state index contributed by atoms with van der Waals surface area (Å²) in [5.74, 6) is 0.0267.